The van der Waals surface area contributed by atoms with Crippen LogP contribution < -0.4 is 11.3 Å². The van der Waals surface area contributed by atoms with Crippen LogP contribution in [0.15, 0.2) is 65.3 Å². The first kappa shape index (κ1) is 16.9. The van der Waals surface area contributed by atoms with E-state index in [9.17, 15) is 14.0 Å². The maximum Gasteiger partial charge on any atom is 0.284 e. The van der Waals surface area contributed by atoms with Crippen molar-refractivity contribution in [2.45, 2.75) is 6.42 Å². The molecule has 7 heteroatoms. The highest BCUT2D eigenvalue weighted by atomic mass is 35.5. The van der Waals surface area contributed by atoms with Crippen molar-refractivity contribution in [2.75, 3.05) is 0 Å². The summed E-state index contributed by atoms with van der Waals surface area (Å²) >= 11 is 5.88. The third-order valence-corrected chi connectivity index (χ3v) is 3.86. The van der Waals surface area contributed by atoms with Crippen molar-refractivity contribution in [3.63, 3.8) is 0 Å². The van der Waals surface area contributed by atoms with Crippen LogP contribution >= 0.6 is 11.6 Å². The molecule has 0 saturated heterocycles. The van der Waals surface area contributed by atoms with E-state index in [1.54, 1.807) is 36.4 Å². The lowest BCUT2D eigenvalue weighted by Crippen LogP contribution is -2.31. The lowest BCUT2D eigenvalue weighted by atomic mass is 10.1. The SMILES string of the molecule is NC(=O)c1cc(-c2ccc(Cl)cc2)nn(C2=CC(F)=CC=CC2)c1=O. The number of nitrogens with zero attached hydrogens (tertiary/aromatic N) is 2. The molecule has 1 heterocycles. The van der Waals surface area contributed by atoms with Gasteiger partial charge in [0.2, 0.25) is 0 Å². The number of amides is 1. The van der Waals surface area contributed by atoms with Gasteiger partial charge in [-0.25, -0.2) is 4.39 Å². The molecule has 0 spiro atoms. The molecule has 3 rings (SSSR count). The maximum absolute atomic E-state index is 13.7. The number of hydrogen-bond acceptors (Lipinski definition) is 3. The summed E-state index contributed by atoms with van der Waals surface area (Å²) in [4.78, 5) is 24.2. The van der Waals surface area contributed by atoms with Crippen molar-refractivity contribution < 1.29 is 9.18 Å². The summed E-state index contributed by atoms with van der Waals surface area (Å²) in [6.07, 6.45) is 5.98. The van der Waals surface area contributed by atoms with E-state index >= 15 is 0 Å². The molecule has 1 aliphatic rings. The minimum atomic E-state index is -0.878. The molecule has 0 aliphatic heterocycles. The van der Waals surface area contributed by atoms with Gasteiger partial charge in [-0.3, -0.25) is 9.59 Å². The standard InChI is InChI=1S/C18H13ClFN3O2/c19-12-7-5-11(6-8-12)16-10-15(17(21)24)18(25)23(22-16)14-4-2-1-3-13(20)9-14/h1-3,5-10H,4H2,(H2,21,24). The van der Waals surface area contributed by atoms with Gasteiger partial charge in [0.05, 0.1) is 11.4 Å². The predicted octanol–water partition coefficient (Wildman–Crippen LogP) is 3.32. The number of hydrogen-bond donors (Lipinski definition) is 1. The Labute approximate surface area is 147 Å². The van der Waals surface area contributed by atoms with Crippen molar-refractivity contribution in [3.8, 4) is 11.3 Å². The largest absolute Gasteiger partial charge is 0.365 e. The highest BCUT2D eigenvalue weighted by Gasteiger charge is 2.17. The molecule has 0 radical (unpaired) electrons. The van der Waals surface area contributed by atoms with E-state index in [4.69, 9.17) is 17.3 Å². The minimum Gasteiger partial charge on any atom is -0.365 e. The second-order valence-electron chi connectivity index (χ2n) is 5.35. The Bertz CT molecular complexity index is 988. The summed E-state index contributed by atoms with van der Waals surface area (Å²) in [5, 5.41) is 4.81. The average molecular weight is 358 g/mol. The zero-order valence-corrected chi connectivity index (χ0v) is 13.7. The number of primary amides is 1. The van der Waals surface area contributed by atoms with Crippen LogP contribution in [0, 0.1) is 0 Å². The molecule has 0 bridgehead atoms. The van der Waals surface area contributed by atoms with Crippen LogP contribution in [0.5, 0.6) is 0 Å². The summed E-state index contributed by atoms with van der Waals surface area (Å²) in [5.74, 6) is -1.40. The van der Waals surface area contributed by atoms with Crippen molar-refractivity contribution in [1.29, 1.82) is 0 Å². The minimum absolute atomic E-state index is 0.224. The Balaban J connectivity index is 2.23. The molecule has 1 aromatic carbocycles. The fourth-order valence-electron chi connectivity index (χ4n) is 2.39. The van der Waals surface area contributed by atoms with Crippen molar-refractivity contribution >= 4 is 23.2 Å². The Kier molecular flexibility index (Phi) is 4.63. The Morgan fingerprint density at radius 3 is 2.68 bits per heavy atom. The van der Waals surface area contributed by atoms with Gasteiger partial charge in [-0.1, -0.05) is 35.9 Å². The van der Waals surface area contributed by atoms with Crippen molar-refractivity contribution in [1.82, 2.24) is 9.78 Å². The summed E-state index contributed by atoms with van der Waals surface area (Å²) in [7, 11) is 0. The van der Waals surface area contributed by atoms with Gasteiger partial charge >= 0.3 is 0 Å². The molecule has 0 fully saturated rings. The highest BCUT2D eigenvalue weighted by molar-refractivity contribution is 6.30. The smallest absolute Gasteiger partial charge is 0.284 e. The molecule has 2 N–H and O–H groups in total. The lowest BCUT2D eigenvalue weighted by Gasteiger charge is -2.11. The molecule has 25 heavy (non-hydrogen) atoms. The maximum atomic E-state index is 13.7. The van der Waals surface area contributed by atoms with E-state index in [0.717, 1.165) is 4.68 Å². The van der Waals surface area contributed by atoms with E-state index in [0.29, 0.717) is 22.0 Å². The molecule has 0 unspecified atom stereocenters. The van der Waals surface area contributed by atoms with Crippen LogP contribution in [0.4, 0.5) is 4.39 Å². The zero-order chi connectivity index (χ0) is 18.0. The van der Waals surface area contributed by atoms with Gasteiger partial charge in [0.15, 0.2) is 0 Å². The van der Waals surface area contributed by atoms with E-state index in [1.165, 1.54) is 18.2 Å². The second kappa shape index (κ2) is 6.86. The molecule has 1 aliphatic carbocycles. The number of rotatable bonds is 3. The average Bonchev–Trinajstić information content (AvgIpc) is 2.80. The molecular formula is C18H13ClFN3O2. The number of nitrogens with two attached hydrogens (primary N) is 1. The van der Waals surface area contributed by atoms with E-state index in [-0.39, 0.29) is 12.0 Å². The highest BCUT2D eigenvalue weighted by Crippen LogP contribution is 2.22. The molecular weight excluding hydrogens is 345 g/mol. The summed E-state index contributed by atoms with van der Waals surface area (Å²) in [5.41, 5.74) is 5.69. The number of carbonyl (C=O) groups excluding carboxylic acids is 1. The lowest BCUT2D eigenvalue weighted by molar-refractivity contribution is 0.0998. The summed E-state index contributed by atoms with van der Waals surface area (Å²) in [6, 6.07) is 8.05. The van der Waals surface area contributed by atoms with Gasteiger partial charge in [-0.2, -0.15) is 9.78 Å². The van der Waals surface area contributed by atoms with E-state index in [1.807, 2.05) is 0 Å². The first-order chi connectivity index (χ1) is 12.0. The molecule has 5 nitrogen and oxygen atoms in total. The fourth-order valence-corrected chi connectivity index (χ4v) is 2.52. The third kappa shape index (κ3) is 3.59. The van der Waals surface area contributed by atoms with Gasteiger partial charge in [0.25, 0.3) is 11.5 Å². The summed E-state index contributed by atoms with van der Waals surface area (Å²) < 4.78 is 14.7. The van der Waals surface area contributed by atoms with Crippen LogP contribution in [0.2, 0.25) is 5.02 Å². The van der Waals surface area contributed by atoms with Crippen molar-refractivity contribution in [2.24, 2.45) is 5.73 Å². The Hall–Kier alpha value is -2.99. The number of halogens is 2. The van der Waals surface area contributed by atoms with Crippen LogP contribution in [-0.4, -0.2) is 15.7 Å². The normalized spacial score (nSPS) is 13.8. The van der Waals surface area contributed by atoms with Crippen LogP contribution in [-0.2, 0) is 0 Å². The number of carbonyl (C=O) groups is 1. The third-order valence-electron chi connectivity index (χ3n) is 3.61. The van der Waals surface area contributed by atoms with Crippen LogP contribution in [0.1, 0.15) is 16.8 Å². The molecule has 1 amide bonds. The van der Waals surface area contributed by atoms with Gasteiger partial charge in [-0.15, -0.1) is 0 Å². The Morgan fingerprint density at radius 2 is 2.00 bits per heavy atom. The van der Waals surface area contributed by atoms with E-state index in [2.05, 4.69) is 5.10 Å². The van der Waals surface area contributed by atoms with Crippen molar-refractivity contribution in [3.05, 3.63) is 81.4 Å². The molecule has 2 aromatic rings. The first-order valence-electron chi connectivity index (χ1n) is 7.39. The van der Waals surface area contributed by atoms with Gasteiger partial charge in [0.1, 0.15) is 11.4 Å². The van der Waals surface area contributed by atoms with E-state index < -0.39 is 17.3 Å². The van der Waals surface area contributed by atoms with Gasteiger partial charge in [-0.05, 0) is 30.4 Å². The second-order valence-corrected chi connectivity index (χ2v) is 5.79. The Morgan fingerprint density at radius 1 is 1.28 bits per heavy atom. The molecule has 1 aromatic heterocycles. The molecule has 0 atom stereocenters. The number of aromatic nitrogens is 2. The van der Waals surface area contributed by atoms with Crippen LogP contribution in [0.3, 0.4) is 0 Å². The zero-order valence-electron chi connectivity index (χ0n) is 12.9. The predicted molar refractivity (Wildman–Crippen MR) is 94.7 cm³/mol. The molecule has 0 saturated carbocycles. The van der Waals surface area contributed by atoms with Gasteiger partial charge < -0.3 is 5.73 Å². The van der Waals surface area contributed by atoms with Crippen LogP contribution in [0.25, 0.3) is 17.0 Å². The number of allylic oxidation sites excluding steroid dienone is 6. The quantitative estimate of drug-likeness (QED) is 0.915. The summed E-state index contributed by atoms with van der Waals surface area (Å²) in [6.45, 7) is 0. The monoisotopic (exact) mass is 357 g/mol. The first-order valence-corrected chi connectivity index (χ1v) is 7.77. The number of benzene rings is 1. The fraction of sp³-hybridized carbons (Fsp3) is 0.0556. The van der Waals surface area contributed by atoms with Gasteiger partial charge in [0, 0.05) is 17.0 Å². The topological polar surface area (TPSA) is 78.0 Å². The molecule has 126 valence electrons.